The summed E-state index contributed by atoms with van der Waals surface area (Å²) in [4.78, 5) is 9.41. The SMILES string of the molecule is N#CCCc1c(F)ccc([N+](=O)[O-])c1F. The standard InChI is InChI=1S/C9H6F2N2O2/c10-7-3-4-8(13(14)15)9(11)6(7)2-1-5-12/h3-4H,1-2H2. The number of nitrogens with zero attached hydrogens (tertiary/aromatic N) is 2. The molecule has 0 heterocycles. The first kappa shape index (κ1) is 11.0. The van der Waals surface area contributed by atoms with Crippen molar-refractivity contribution in [2.75, 3.05) is 0 Å². The number of nitriles is 1. The lowest BCUT2D eigenvalue weighted by Crippen LogP contribution is -2.00. The molecule has 0 aliphatic carbocycles. The first-order valence-electron chi connectivity index (χ1n) is 4.06. The quantitative estimate of drug-likeness (QED) is 0.570. The van der Waals surface area contributed by atoms with Crippen molar-refractivity contribution in [1.29, 1.82) is 5.26 Å². The van der Waals surface area contributed by atoms with Crippen LogP contribution in [-0.2, 0) is 6.42 Å². The molecular formula is C9H6F2N2O2. The van der Waals surface area contributed by atoms with Crippen LogP contribution >= 0.6 is 0 Å². The number of benzene rings is 1. The highest BCUT2D eigenvalue weighted by atomic mass is 19.1. The maximum absolute atomic E-state index is 13.3. The molecule has 0 amide bonds. The molecule has 6 heteroatoms. The summed E-state index contributed by atoms with van der Waals surface area (Å²) in [5, 5.41) is 18.6. The predicted molar refractivity (Wildman–Crippen MR) is 46.9 cm³/mol. The van der Waals surface area contributed by atoms with E-state index >= 15 is 0 Å². The first-order chi connectivity index (χ1) is 7.07. The third-order valence-electron chi connectivity index (χ3n) is 1.85. The smallest absolute Gasteiger partial charge is 0.258 e. The molecular weight excluding hydrogens is 206 g/mol. The topological polar surface area (TPSA) is 66.9 Å². The third kappa shape index (κ3) is 2.26. The van der Waals surface area contributed by atoms with Crippen molar-refractivity contribution >= 4 is 5.69 Å². The van der Waals surface area contributed by atoms with Crippen LogP contribution in [0.1, 0.15) is 12.0 Å². The van der Waals surface area contributed by atoms with Crippen molar-refractivity contribution in [1.82, 2.24) is 0 Å². The highest BCUT2D eigenvalue weighted by Crippen LogP contribution is 2.23. The van der Waals surface area contributed by atoms with Crippen LogP contribution in [0.3, 0.4) is 0 Å². The molecule has 0 unspecified atom stereocenters. The molecule has 4 nitrogen and oxygen atoms in total. The van der Waals surface area contributed by atoms with E-state index in [9.17, 15) is 18.9 Å². The van der Waals surface area contributed by atoms with Gasteiger partial charge >= 0.3 is 5.69 Å². The van der Waals surface area contributed by atoms with Crippen LogP contribution < -0.4 is 0 Å². The summed E-state index contributed by atoms with van der Waals surface area (Å²) in [6.07, 6.45) is -0.259. The summed E-state index contributed by atoms with van der Waals surface area (Å²) < 4.78 is 26.4. The molecule has 1 rings (SSSR count). The van der Waals surface area contributed by atoms with Gasteiger partial charge in [0.15, 0.2) is 0 Å². The van der Waals surface area contributed by atoms with Gasteiger partial charge in [-0.1, -0.05) is 0 Å². The Morgan fingerprint density at radius 1 is 1.47 bits per heavy atom. The second-order valence-corrected chi connectivity index (χ2v) is 2.77. The van der Waals surface area contributed by atoms with E-state index in [2.05, 4.69) is 0 Å². The van der Waals surface area contributed by atoms with Crippen LogP contribution in [-0.4, -0.2) is 4.92 Å². The van der Waals surface area contributed by atoms with E-state index in [0.29, 0.717) is 0 Å². The Kier molecular flexibility index (Phi) is 3.29. The zero-order valence-electron chi connectivity index (χ0n) is 7.54. The van der Waals surface area contributed by atoms with Crippen LogP contribution in [0, 0.1) is 33.1 Å². The molecule has 0 aliphatic rings. The molecule has 0 saturated heterocycles. The summed E-state index contributed by atoms with van der Waals surface area (Å²) >= 11 is 0. The molecule has 1 aromatic carbocycles. The monoisotopic (exact) mass is 212 g/mol. The van der Waals surface area contributed by atoms with Gasteiger partial charge in [-0.05, 0) is 12.5 Å². The Bertz CT molecular complexity index is 440. The van der Waals surface area contributed by atoms with Gasteiger partial charge in [0, 0.05) is 18.1 Å². The van der Waals surface area contributed by atoms with Crippen molar-refractivity contribution in [3.63, 3.8) is 0 Å². The fraction of sp³-hybridized carbons (Fsp3) is 0.222. The molecule has 15 heavy (non-hydrogen) atoms. The van der Waals surface area contributed by atoms with Crippen molar-refractivity contribution < 1.29 is 13.7 Å². The van der Waals surface area contributed by atoms with Gasteiger partial charge in [-0.3, -0.25) is 10.1 Å². The van der Waals surface area contributed by atoms with E-state index in [1.54, 1.807) is 6.07 Å². The summed E-state index contributed by atoms with van der Waals surface area (Å²) in [6, 6.07) is 3.31. The van der Waals surface area contributed by atoms with E-state index in [4.69, 9.17) is 5.26 Å². The van der Waals surface area contributed by atoms with Gasteiger partial charge in [0.2, 0.25) is 5.82 Å². The van der Waals surface area contributed by atoms with Gasteiger partial charge < -0.3 is 0 Å². The normalized spacial score (nSPS) is 9.67. The molecule has 0 radical (unpaired) electrons. The van der Waals surface area contributed by atoms with E-state index in [1.165, 1.54) is 0 Å². The molecule has 1 aromatic rings. The van der Waals surface area contributed by atoms with Gasteiger partial charge in [-0.15, -0.1) is 0 Å². The number of nitro groups is 1. The molecule has 0 N–H and O–H groups in total. The van der Waals surface area contributed by atoms with Gasteiger partial charge in [0.05, 0.1) is 11.0 Å². The Morgan fingerprint density at radius 3 is 2.67 bits per heavy atom. The highest BCUT2D eigenvalue weighted by Gasteiger charge is 2.20. The van der Waals surface area contributed by atoms with Crippen molar-refractivity contribution in [3.05, 3.63) is 39.4 Å². The van der Waals surface area contributed by atoms with Crippen LogP contribution in [0.2, 0.25) is 0 Å². The van der Waals surface area contributed by atoms with Gasteiger partial charge in [0.1, 0.15) is 5.82 Å². The summed E-state index contributed by atoms with van der Waals surface area (Å²) in [5.41, 5.74) is -1.19. The minimum Gasteiger partial charge on any atom is -0.258 e. The maximum atomic E-state index is 13.3. The molecule has 78 valence electrons. The Labute approximate surface area is 83.9 Å². The molecule has 0 bridgehead atoms. The Hall–Kier alpha value is -2.03. The van der Waals surface area contributed by atoms with Gasteiger partial charge in [0.25, 0.3) is 0 Å². The third-order valence-corrected chi connectivity index (χ3v) is 1.85. The molecule has 0 spiro atoms. The van der Waals surface area contributed by atoms with Gasteiger partial charge in [-0.2, -0.15) is 9.65 Å². The predicted octanol–water partition coefficient (Wildman–Crippen LogP) is 2.33. The number of halogens is 2. The summed E-state index contributed by atoms with van der Waals surface area (Å²) in [7, 11) is 0. The molecule has 0 aliphatic heterocycles. The lowest BCUT2D eigenvalue weighted by atomic mass is 10.1. The molecule has 0 saturated carbocycles. The highest BCUT2D eigenvalue weighted by molar-refractivity contribution is 5.37. The average Bonchev–Trinajstić information content (AvgIpc) is 2.17. The van der Waals surface area contributed by atoms with Crippen molar-refractivity contribution in [2.24, 2.45) is 0 Å². The van der Waals surface area contributed by atoms with E-state index < -0.39 is 27.8 Å². The molecule has 0 fully saturated rings. The van der Waals surface area contributed by atoms with E-state index in [-0.39, 0.29) is 12.8 Å². The van der Waals surface area contributed by atoms with Crippen LogP contribution in [0.25, 0.3) is 0 Å². The minimum absolute atomic E-state index is 0.0883. The largest absolute Gasteiger partial charge is 0.305 e. The van der Waals surface area contributed by atoms with Crippen LogP contribution in [0.5, 0.6) is 0 Å². The van der Waals surface area contributed by atoms with E-state index in [1.807, 2.05) is 0 Å². The Balaban J connectivity index is 3.19. The second kappa shape index (κ2) is 4.46. The second-order valence-electron chi connectivity index (χ2n) is 2.77. The fourth-order valence-electron chi connectivity index (χ4n) is 1.14. The average molecular weight is 212 g/mol. The van der Waals surface area contributed by atoms with Gasteiger partial charge in [-0.25, -0.2) is 4.39 Å². The first-order valence-corrected chi connectivity index (χ1v) is 4.06. The Morgan fingerprint density at radius 2 is 2.13 bits per heavy atom. The van der Waals surface area contributed by atoms with Crippen LogP contribution in [0.4, 0.5) is 14.5 Å². The number of nitro benzene ring substituents is 1. The minimum atomic E-state index is -1.20. The van der Waals surface area contributed by atoms with Crippen LogP contribution in [0.15, 0.2) is 12.1 Å². The van der Waals surface area contributed by atoms with Crippen molar-refractivity contribution in [2.45, 2.75) is 12.8 Å². The summed E-state index contributed by atoms with van der Waals surface area (Å²) in [6.45, 7) is 0. The maximum Gasteiger partial charge on any atom is 0.305 e. The lowest BCUT2D eigenvalue weighted by molar-refractivity contribution is -0.387. The lowest BCUT2D eigenvalue weighted by Gasteiger charge is -2.02. The summed E-state index contributed by atoms with van der Waals surface area (Å²) in [5.74, 6) is -2.07. The molecule has 0 aromatic heterocycles. The number of hydrogen-bond acceptors (Lipinski definition) is 3. The zero-order valence-corrected chi connectivity index (χ0v) is 7.54. The number of hydrogen-bond donors (Lipinski definition) is 0. The molecule has 0 atom stereocenters. The van der Waals surface area contributed by atoms with Crippen molar-refractivity contribution in [3.8, 4) is 6.07 Å². The number of rotatable bonds is 3. The zero-order chi connectivity index (χ0) is 11.4. The van der Waals surface area contributed by atoms with E-state index in [0.717, 1.165) is 12.1 Å². The fourth-order valence-corrected chi connectivity index (χ4v) is 1.14.